The van der Waals surface area contributed by atoms with Gasteiger partial charge >= 0.3 is 5.97 Å². The van der Waals surface area contributed by atoms with Crippen molar-refractivity contribution in [3.8, 4) is 0 Å². The summed E-state index contributed by atoms with van der Waals surface area (Å²) in [6.07, 6.45) is 2.61. The van der Waals surface area contributed by atoms with E-state index in [1.165, 1.54) is 7.11 Å². The molecule has 0 atom stereocenters. The van der Waals surface area contributed by atoms with Crippen molar-refractivity contribution < 1.29 is 14.3 Å². The average molecular weight is 289 g/mol. The van der Waals surface area contributed by atoms with E-state index in [1.807, 2.05) is 44.2 Å². The SMILES string of the molecule is COC(=O)C1(NC(=O)CC(C)(C)c2ccccc2)CCC1. The Morgan fingerprint density at radius 3 is 2.33 bits per heavy atom. The van der Waals surface area contributed by atoms with Crippen molar-refractivity contribution in [1.82, 2.24) is 5.32 Å². The number of benzene rings is 1. The summed E-state index contributed by atoms with van der Waals surface area (Å²) in [6.45, 7) is 4.07. The van der Waals surface area contributed by atoms with Crippen molar-refractivity contribution in [2.24, 2.45) is 0 Å². The van der Waals surface area contributed by atoms with Gasteiger partial charge in [-0.15, -0.1) is 0 Å². The van der Waals surface area contributed by atoms with Crippen molar-refractivity contribution in [1.29, 1.82) is 0 Å². The van der Waals surface area contributed by atoms with E-state index in [1.54, 1.807) is 0 Å². The van der Waals surface area contributed by atoms with Gasteiger partial charge in [0.15, 0.2) is 0 Å². The molecule has 4 nitrogen and oxygen atoms in total. The summed E-state index contributed by atoms with van der Waals surface area (Å²) in [5.74, 6) is -0.437. The van der Waals surface area contributed by atoms with Gasteiger partial charge in [-0.3, -0.25) is 4.79 Å². The van der Waals surface area contributed by atoms with Gasteiger partial charge in [0.25, 0.3) is 0 Å². The van der Waals surface area contributed by atoms with Crippen LogP contribution in [0.25, 0.3) is 0 Å². The fourth-order valence-corrected chi connectivity index (χ4v) is 2.81. The number of carbonyl (C=O) groups is 2. The highest BCUT2D eigenvalue weighted by atomic mass is 16.5. The summed E-state index contributed by atoms with van der Waals surface area (Å²) in [5, 5.41) is 2.89. The summed E-state index contributed by atoms with van der Waals surface area (Å²) in [5.41, 5.74) is 0.0474. The Morgan fingerprint density at radius 2 is 1.86 bits per heavy atom. The molecule has 0 radical (unpaired) electrons. The molecule has 1 N–H and O–H groups in total. The van der Waals surface area contributed by atoms with Crippen molar-refractivity contribution in [2.75, 3.05) is 7.11 Å². The molecule has 21 heavy (non-hydrogen) atoms. The minimum absolute atomic E-state index is 0.103. The fraction of sp³-hybridized carbons (Fsp3) is 0.529. The Morgan fingerprint density at radius 1 is 1.24 bits per heavy atom. The van der Waals surface area contributed by atoms with Gasteiger partial charge in [0, 0.05) is 6.42 Å². The van der Waals surface area contributed by atoms with E-state index in [0.29, 0.717) is 19.3 Å². The Hall–Kier alpha value is -1.84. The van der Waals surface area contributed by atoms with Gasteiger partial charge in [0.2, 0.25) is 5.91 Å². The number of methoxy groups -OCH3 is 1. The van der Waals surface area contributed by atoms with Crippen molar-refractivity contribution in [3.63, 3.8) is 0 Å². The van der Waals surface area contributed by atoms with Crippen LogP contribution >= 0.6 is 0 Å². The molecule has 0 bridgehead atoms. The molecule has 1 saturated carbocycles. The first-order valence-corrected chi connectivity index (χ1v) is 7.35. The van der Waals surface area contributed by atoms with Gasteiger partial charge in [0.05, 0.1) is 7.11 Å². The number of hydrogen-bond donors (Lipinski definition) is 1. The van der Waals surface area contributed by atoms with Gasteiger partial charge in [-0.1, -0.05) is 44.2 Å². The van der Waals surface area contributed by atoms with Crippen LogP contribution in [-0.4, -0.2) is 24.5 Å². The highest BCUT2D eigenvalue weighted by Crippen LogP contribution is 2.34. The molecule has 1 aliphatic rings. The Bertz CT molecular complexity index is 518. The van der Waals surface area contributed by atoms with Crippen LogP contribution in [0.4, 0.5) is 0 Å². The van der Waals surface area contributed by atoms with Gasteiger partial charge < -0.3 is 10.1 Å². The second-order valence-corrected chi connectivity index (χ2v) is 6.40. The van der Waals surface area contributed by atoms with Crippen LogP contribution in [0.3, 0.4) is 0 Å². The predicted molar refractivity (Wildman–Crippen MR) is 80.8 cm³/mol. The molecule has 0 heterocycles. The van der Waals surface area contributed by atoms with E-state index in [2.05, 4.69) is 5.32 Å². The monoisotopic (exact) mass is 289 g/mol. The minimum atomic E-state index is -0.793. The molecule has 4 heteroatoms. The van der Waals surface area contributed by atoms with Gasteiger partial charge in [0.1, 0.15) is 5.54 Å². The van der Waals surface area contributed by atoms with Gasteiger partial charge in [-0.05, 0) is 30.2 Å². The van der Waals surface area contributed by atoms with Crippen LogP contribution < -0.4 is 5.32 Å². The maximum Gasteiger partial charge on any atom is 0.331 e. The first kappa shape index (κ1) is 15.5. The number of ether oxygens (including phenoxy) is 1. The quantitative estimate of drug-likeness (QED) is 0.848. The third-order valence-corrected chi connectivity index (χ3v) is 4.32. The number of nitrogens with one attached hydrogen (secondary N) is 1. The third-order valence-electron chi connectivity index (χ3n) is 4.32. The zero-order chi connectivity index (χ0) is 15.5. The molecule has 0 spiro atoms. The van der Waals surface area contributed by atoms with Crippen molar-refractivity contribution >= 4 is 11.9 Å². The lowest BCUT2D eigenvalue weighted by molar-refractivity contribution is -0.155. The summed E-state index contributed by atoms with van der Waals surface area (Å²) >= 11 is 0. The van der Waals surface area contributed by atoms with Crippen molar-refractivity contribution in [2.45, 2.75) is 50.5 Å². The number of carbonyl (C=O) groups excluding carboxylic acids is 2. The highest BCUT2D eigenvalue weighted by molar-refractivity contribution is 5.89. The molecule has 0 saturated heterocycles. The lowest BCUT2D eigenvalue weighted by atomic mass is 9.75. The second kappa shape index (κ2) is 5.88. The molecular weight excluding hydrogens is 266 g/mol. The van der Waals surface area contributed by atoms with E-state index in [0.717, 1.165) is 12.0 Å². The third kappa shape index (κ3) is 3.26. The zero-order valence-electron chi connectivity index (χ0n) is 12.9. The molecule has 1 fully saturated rings. The molecule has 2 rings (SSSR count). The van der Waals surface area contributed by atoms with Crippen LogP contribution in [0.5, 0.6) is 0 Å². The Labute approximate surface area is 125 Å². The van der Waals surface area contributed by atoms with Crippen LogP contribution in [0.2, 0.25) is 0 Å². The van der Waals surface area contributed by atoms with E-state index < -0.39 is 5.54 Å². The van der Waals surface area contributed by atoms with E-state index in [4.69, 9.17) is 4.74 Å². The lowest BCUT2D eigenvalue weighted by Crippen LogP contribution is -2.60. The smallest absolute Gasteiger partial charge is 0.331 e. The number of hydrogen-bond acceptors (Lipinski definition) is 3. The summed E-state index contributed by atoms with van der Waals surface area (Å²) in [4.78, 5) is 24.2. The minimum Gasteiger partial charge on any atom is -0.467 e. The molecule has 1 aromatic rings. The van der Waals surface area contributed by atoms with Crippen LogP contribution in [0.15, 0.2) is 30.3 Å². The lowest BCUT2D eigenvalue weighted by Gasteiger charge is -2.40. The number of esters is 1. The van der Waals surface area contributed by atoms with E-state index in [9.17, 15) is 9.59 Å². The maximum absolute atomic E-state index is 12.3. The summed E-state index contributed by atoms with van der Waals surface area (Å²) in [6, 6.07) is 9.94. The molecule has 0 aliphatic heterocycles. The maximum atomic E-state index is 12.3. The van der Waals surface area contributed by atoms with Crippen molar-refractivity contribution in [3.05, 3.63) is 35.9 Å². The topological polar surface area (TPSA) is 55.4 Å². The fourth-order valence-electron chi connectivity index (χ4n) is 2.81. The number of amides is 1. The second-order valence-electron chi connectivity index (χ2n) is 6.40. The molecular formula is C17H23NO3. The molecule has 1 aliphatic carbocycles. The van der Waals surface area contributed by atoms with Gasteiger partial charge in [-0.2, -0.15) is 0 Å². The standard InChI is InChI=1S/C17H23NO3/c1-16(2,13-8-5-4-6-9-13)12-14(19)18-17(10-7-11-17)15(20)21-3/h4-6,8-9H,7,10-12H2,1-3H3,(H,18,19). The first-order chi connectivity index (χ1) is 9.89. The molecule has 0 aromatic heterocycles. The predicted octanol–water partition coefficient (Wildman–Crippen LogP) is 2.57. The Balaban J connectivity index is 2.03. The van der Waals surface area contributed by atoms with Crippen LogP contribution in [-0.2, 0) is 19.7 Å². The highest BCUT2D eigenvalue weighted by Gasteiger charge is 2.46. The average Bonchev–Trinajstić information content (AvgIpc) is 2.42. The largest absolute Gasteiger partial charge is 0.467 e. The zero-order valence-corrected chi connectivity index (χ0v) is 12.9. The normalized spacial score (nSPS) is 16.7. The van der Waals surface area contributed by atoms with Crippen LogP contribution in [0.1, 0.15) is 45.1 Å². The molecule has 0 unspecified atom stereocenters. The van der Waals surface area contributed by atoms with Crippen LogP contribution in [0, 0.1) is 0 Å². The Kier molecular flexibility index (Phi) is 4.35. The van der Waals surface area contributed by atoms with E-state index in [-0.39, 0.29) is 17.3 Å². The first-order valence-electron chi connectivity index (χ1n) is 7.35. The summed E-state index contributed by atoms with van der Waals surface area (Å²) in [7, 11) is 1.36. The molecule has 114 valence electrons. The molecule has 1 aromatic carbocycles. The molecule has 1 amide bonds. The number of rotatable bonds is 5. The van der Waals surface area contributed by atoms with E-state index >= 15 is 0 Å². The van der Waals surface area contributed by atoms with Gasteiger partial charge in [-0.25, -0.2) is 4.79 Å². The summed E-state index contributed by atoms with van der Waals surface area (Å²) < 4.78 is 4.82.